The fraction of sp³-hybridized carbons (Fsp3) is 0.118. The summed E-state index contributed by atoms with van der Waals surface area (Å²) in [6.45, 7) is 1.54. The minimum Gasteiger partial charge on any atom is -0.324 e. The van der Waals surface area contributed by atoms with Gasteiger partial charge in [0.2, 0.25) is 5.91 Å². The standard InChI is InChI=1S/C17H13BrN2O3/c1-10(15(21)19-12-6-4-5-11(18)9-12)20-16(22)13-7-2-3-8-14(13)17(20)23/h2-10H,1H3,(H,19,21)/t10-/m1/s1. The molecule has 0 saturated carbocycles. The minimum atomic E-state index is -0.901. The van der Waals surface area contributed by atoms with Crippen molar-refractivity contribution in [2.24, 2.45) is 0 Å². The third-order valence-electron chi connectivity index (χ3n) is 3.68. The van der Waals surface area contributed by atoms with Crippen LogP contribution in [0, 0.1) is 0 Å². The fourth-order valence-corrected chi connectivity index (χ4v) is 2.89. The Kier molecular flexibility index (Phi) is 4.00. The number of imide groups is 1. The Morgan fingerprint density at radius 2 is 1.65 bits per heavy atom. The number of amides is 3. The van der Waals surface area contributed by atoms with Gasteiger partial charge in [-0.2, -0.15) is 0 Å². The maximum Gasteiger partial charge on any atom is 0.262 e. The zero-order chi connectivity index (χ0) is 16.6. The Morgan fingerprint density at radius 1 is 1.04 bits per heavy atom. The molecule has 0 bridgehead atoms. The molecule has 0 unspecified atom stereocenters. The number of carbonyl (C=O) groups is 3. The largest absolute Gasteiger partial charge is 0.324 e. The molecule has 0 aromatic heterocycles. The molecule has 0 aliphatic carbocycles. The van der Waals surface area contributed by atoms with E-state index in [2.05, 4.69) is 21.2 Å². The first kappa shape index (κ1) is 15.4. The van der Waals surface area contributed by atoms with Gasteiger partial charge in [0.15, 0.2) is 0 Å². The number of fused-ring (bicyclic) bond motifs is 1. The summed E-state index contributed by atoms with van der Waals surface area (Å²) in [7, 11) is 0. The maximum absolute atomic E-state index is 12.4. The number of hydrogen-bond donors (Lipinski definition) is 1. The summed E-state index contributed by atoms with van der Waals surface area (Å²) in [5.41, 5.74) is 1.26. The number of anilines is 1. The highest BCUT2D eigenvalue weighted by Gasteiger charge is 2.40. The van der Waals surface area contributed by atoms with Crippen molar-refractivity contribution in [1.29, 1.82) is 0 Å². The van der Waals surface area contributed by atoms with Crippen molar-refractivity contribution in [3.63, 3.8) is 0 Å². The Morgan fingerprint density at radius 3 is 2.22 bits per heavy atom. The molecule has 1 aliphatic rings. The first-order valence-corrected chi connectivity index (χ1v) is 7.81. The van der Waals surface area contributed by atoms with Crippen LogP contribution in [0.3, 0.4) is 0 Å². The van der Waals surface area contributed by atoms with Gasteiger partial charge < -0.3 is 5.32 Å². The summed E-state index contributed by atoms with van der Waals surface area (Å²) >= 11 is 3.32. The van der Waals surface area contributed by atoms with E-state index in [1.165, 1.54) is 6.92 Å². The van der Waals surface area contributed by atoms with Gasteiger partial charge in [-0.05, 0) is 37.3 Å². The molecule has 2 aromatic carbocycles. The molecule has 6 heteroatoms. The van der Waals surface area contributed by atoms with Crippen molar-refractivity contribution < 1.29 is 14.4 Å². The van der Waals surface area contributed by atoms with Gasteiger partial charge in [0, 0.05) is 10.2 Å². The van der Waals surface area contributed by atoms with Gasteiger partial charge in [0.1, 0.15) is 6.04 Å². The van der Waals surface area contributed by atoms with Gasteiger partial charge in [-0.1, -0.05) is 34.1 Å². The number of carbonyl (C=O) groups excluding carboxylic acids is 3. The van der Waals surface area contributed by atoms with Crippen molar-refractivity contribution in [3.8, 4) is 0 Å². The van der Waals surface area contributed by atoms with E-state index in [0.717, 1.165) is 9.37 Å². The molecule has 0 saturated heterocycles. The predicted octanol–water partition coefficient (Wildman–Crippen LogP) is 3.07. The van der Waals surface area contributed by atoms with Crippen molar-refractivity contribution in [2.75, 3.05) is 5.32 Å². The first-order chi connectivity index (χ1) is 11.0. The van der Waals surface area contributed by atoms with Gasteiger partial charge in [0.25, 0.3) is 11.8 Å². The summed E-state index contributed by atoms with van der Waals surface area (Å²) in [5, 5.41) is 2.71. The number of halogens is 1. The molecule has 1 aliphatic heterocycles. The van der Waals surface area contributed by atoms with Crippen molar-refractivity contribution in [2.45, 2.75) is 13.0 Å². The van der Waals surface area contributed by atoms with Crippen LogP contribution >= 0.6 is 15.9 Å². The van der Waals surface area contributed by atoms with E-state index < -0.39 is 23.8 Å². The van der Waals surface area contributed by atoms with Gasteiger partial charge in [-0.15, -0.1) is 0 Å². The molecule has 1 heterocycles. The average Bonchev–Trinajstić information content (AvgIpc) is 2.79. The monoisotopic (exact) mass is 372 g/mol. The van der Waals surface area contributed by atoms with Gasteiger partial charge in [-0.3, -0.25) is 19.3 Å². The van der Waals surface area contributed by atoms with E-state index in [9.17, 15) is 14.4 Å². The second-order valence-electron chi connectivity index (χ2n) is 5.20. The summed E-state index contributed by atoms with van der Waals surface area (Å²) < 4.78 is 0.823. The number of nitrogens with one attached hydrogen (secondary N) is 1. The first-order valence-electron chi connectivity index (χ1n) is 7.02. The van der Waals surface area contributed by atoms with E-state index >= 15 is 0 Å². The second kappa shape index (κ2) is 5.96. The van der Waals surface area contributed by atoms with Crippen LogP contribution in [0.2, 0.25) is 0 Å². The molecule has 1 atom stereocenters. The molecule has 23 heavy (non-hydrogen) atoms. The Hall–Kier alpha value is -2.47. The van der Waals surface area contributed by atoms with Crippen LogP contribution in [0.5, 0.6) is 0 Å². The topological polar surface area (TPSA) is 66.5 Å². The molecule has 3 rings (SSSR count). The fourth-order valence-electron chi connectivity index (χ4n) is 2.49. The molecular weight excluding hydrogens is 360 g/mol. The third-order valence-corrected chi connectivity index (χ3v) is 4.18. The molecule has 0 spiro atoms. The minimum absolute atomic E-state index is 0.333. The van der Waals surface area contributed by atoms with E-state index in [1.807, 2.05) is 6.07 Å². The zero-order valence-electron chi connectivity index (χ0n) is 12.2. The van der Waals surface area contributed by atoms with Gasteiger partial charge in [0.05, 0.1) is 11.1 Å². The molecule has 2 aromatic rings. The van der Waals surface area contributed by atoms with Crippen LogP contribution in [0.4, 0.5) is 5.69 Å². The van der Waals surface area contributed by atoms with E-state index in [4.69, 9.17) is 0 Å². The van der Waals surface area contributed by atoms with Crippen LogP contribution in [0.1, 0.15) is 27.6 Å². The highest BCUT2D eigenvalue weighted by atomic mass is 79.9. The van der Waals surface area contributed by atoms with Gasteiger partial charge in [-0.25, -0.2) is 0 Å². The van der Waals surface area contributed by atoms with Crippen LogP contribution < -0.4 is 5.32 Å². The summed E-state index contributed by atoms with van der Waals surface area (Å²) in [6, 6.07) is 12.8. The number of benzene rings is 2. The quantitative estimate of drug-likeness (QED) is 0.841. The molecule has 3 amide bonds. The van der Waals surface area contributed by atoms with Crippen LogP contribution in [-0.4, -0.2) is 28.7 Å². The summed E-state index contributed by atoms with van der Waals surface area (Å²) in [6.07, 6.45) is 0. The Labute approximate surface area is 141 Å². The smallest absolute Gasteiger partial charge is 0.262 e. The van der Waals surface area contributed by atoms with E-state index in [-0.39, 0.29) is 0 Å². The molecular formula is C17H13BrN2O3. The van der Waals surface area contributed by atoms with Crippen LogP contribution in [0.15, 0.2) is 53.0 Å². The van der Waals surface area contributed by atoms with E-state index in [0.29, 0.717) is 16.8 Å². The lowest BCUT2D eigenvalue weighted by atomic mass is 10.1. The van der Waals surface area contributed by atoms with Crippen molar-refractivity contribution in [1.82, 2.24) is 4.90 Å². The highest BCUT2D eigenvalue weighted by molar-refractivity contribution is 9.10. The van der Waals surface area contributed by atoms with Crippen molar-refractivity contribution >= 4 is 39.3 Å². The lowest BCUT2D eigenvalue weighted by molar-refractivity contribution is -0.119. The van der Waals surface area contributed by atoms with Crippen LogP contribution in [0.25, 0.3) is 0 Å². The Balaban J connectivity index is 1.81. The third kappa shape index (κ3) is 2.77. The number of hydrogen-bond acceptors (Lipinski definition) is 3. The Bertz CT molecular complexity index is 784. The van der Waals surface area contributed by atoms with Gasteiger partial charge >= 0.3 is 0 Å². The molecule has 0 radical (unpaired) electrons. The average molecular weight is 373 g/mol. The zero-order valence-corrected chi connectivity index (χ0v) is 13.8. The van der Waals surface area contributed by atoms with E-state index in [1.54, 1.807) is 42.5 Å². The predicted molar refractivity (Wildman–Crippen MR) is 89.2 cm³/mol. The normalized spacial score (nSPS) is 14.6. The maximum atomic E-state index is 12.4. The molecule has 5 nitrogen and oxygen atoms in total. The lowest BCUT2D eigenvalue weighted by Gasteiger charge is -2.21. The highest BCUT2D eigenvalue weighted by Crippen LogP contribution is 2.25. The SMILES string of the molecule is C[C@H](C(=O)Nc1cccc(Br)c1)N1C(=O)c2ccccc2C1=O. The van der Waals surface area contributed by atoms with Crippen molar-refractivity contribution in [3.05, 3.63) is 64.1 Å². The summed E-state index contributed by atoms with van der Waals surface area (Å²) in [4.78, 5) is 38.1. The molecule has 0 fully saturated rings. The molecule has 116 valence electrons. The number of nitrogens with zero attached hydrogens (tertiary/aromatic N) is 1. The molecule has 1 N–H and O–H groups in total. The lowest BCUT2D eigenvalue weighted by Crippen LogP contribution is -2.45. The second-order valence-corrected chi connectivity index (χ2v) is 6.12. The number of rotatable bonds is 3. The summed E-state index contributed by atoms with van der Waals surface area (Å²) in [5.74, 6) is -1.30. The van der Waals surface area contributed by atoms with Crippen LogP contribution in [-0.2, 0) is 4.79 Å².